The molecule has 0 aromatic heterocycles. The fraction of sp³-hybridized carbons (Fsp3) is 0.538. The van der Waals surface area contributed by atoms with Crippen LogP contribution in [0.5, 0.6) is 5.75 Å². The number of ether oxygens (including phenoxy) is 1. The van der Waals surface area contributed by atoms with E-state index in [9.17, 15) is 8.42 Å². The molecule has 0 bridgehead atoms. The van der Waals surface area contributed by atoms with Gasteiger partial charge < -0.3 is 10.1 Å². The Hall–Kier alpha value is -1.27. The molecule has 3 rings (SSSR count). The van der Waals surface area contributed by atoms with Gasteiger partial charge in [-0.25, -0.2) is 8.42 Å². The molecule has 2 N–H and O–H groups in total. The quantitative estimate of drug-likeness (QED) is 0.853. The molecule has 1 aromatic rings. The maximum atomic E-state index is 11.2. The van der Waals surface area contributed by atoms with Crippen LogP contribution in [0, 0.1) is 0 Å². The van der Waals surface area contributed by atoms with Crippen molar-refractivity contribution in [3.8, 4) is 5.75 Å². The molecule has 1 unspecified atom stereocenters. The standard InChI is InChI=1S/C13H18N2O3S/c1-19(16,17)15-11-2-3-12-10(8-11)4-5-13(18-12)6-7-14-9-13/h2-3,8,14-15H,4-7,9H2,1H3. The molecule has 104 valence electrons. The van der Waals surface area contributed by atoms with Gasteiger partial charge in [-0.05, 0) is 43.1 Å². The van der Waals surface area contributed by atoms with Crippen LogP contribution in [0.2, 0.25) is 0 Å². The largest absolute Gasteiger partial charge is 0.486 e. The Bertz CT molecular complexity index is 592. The maximum absolute atomic E-state index is 11.2. The second-order valence-electron chi connectivity index (χ2n) is 5.41. The minimum Gasteiger partial charge on any atom is -0.486 e. The number of benzene rings is 1. The lowest BCUT2D eigenvalue weighted by molar-refractivity contribution is 0.0665. The molecule has 2 heterocycles. The third-order valence-corrected chi connectivity index (χ3v) is 4.35. The maximum Gasteiger partial charge on any atom is 0.229 e. The molecule has 1 fully saturated rings. The lowest BCUT2D eigenvalue weighted by Gasteiger charge is -2.35. The Morgan fingerprint density at radius 3 is 2.89 bits per heavy atom. The molecule has 1 spiro atoms. The number of aryl methyl sites for hydroxylation is 1. The fourth-order valence-corrected chi connectivity index (χ4v) is 3.38. The molecule has 0 saturated carbocycles. The van der Waals surface area contributed by atoms with Crippen LogP contribution in [0.3, 0.4) is 0 Å². The van der Waals surface area contributed by atoms with E-state index in [0.717, 1.165) is 49.9 Å². The van der Waals surface area contributed by atoms with E-state index in [4.69, 9.17) is 4.74 Å². The van der Waals surface area contributed by atoms with Gasteiger partial charge in [0.2, 0.25) is 10.0 Å². The number of hydrogen-bond donors (Lipinski definition) is 2. The van der Waals surface area contributed by atoms with Crippen molar-refractivity contribution in [1.82, 2.24) is 5.32 Å². The van der Waals surface area contributed by atoms with Crippen molar-refractivity contribution in [1.29, 1.82) is 0 Å². The van der Waals surface area contributed by atoms with Gasteiger partial charge in [0.15, 0.2) is 0 Å². The van der Waals surface area contributed by atoms with Crippen LogP contribution in [0.25, 0.3) is 0 Å². The van der Waals surface area contributed by atoms with Crippen LogP contribution in [0.15, 0.2) is 18.2 Å². The molecule has 1 aromatic carbocycles. The summed E-state index contributed by atoms with van der Waals surface area (Å²) in [7, 11) is -3.23. The van der Waals surface area contributed by atoms with Gasteiger partial charge >= 0.3 is 0 Å². The number of sulfonamides is 1. The van der Waals surface area contributed by atoms with Gasteiger partial charge in [-0.2, -0.15) is 0 Å². The third-order valence-electron chi connectivity index (χ3n) is 3.74. The fourth-order valence-electron chi connectivity index (χ4n) is 2.82. The molecule has 2 aliphatic heterocycles. The minimum absolute atomic E-state index is 0.0568. The van der Waals surface area contributed by atoms with Gasteiger partial charge in [0.05, 0.1) is 6.26 Å². The zero-order chi connectivity index (χ0) is 13.5. The summed E-state index contributed by atoms with van der Waals surface area (Å²) in [5, 5.41) is 3.34. The molecule has 0 amide bonds. The van der Waals surface area contributed by atoms with Crippen molar-refractivity contribution in [2.24, 2.45) is 0 Å². The molecule has 19 heavy (non-hydrogen) atoms. The zero-order valence-corrected chi connectivity index (χ0v) is 11.7. The average molecular weight is 282 g/mol. The van der Waals surface area contributed by atoms with Crippen molar-refractivity contribution in [3.63, 3.8) is 0 Å². The Balaban J connectivity index is 1.84. The summed E-state index contributed by atoms with van der Waals surface area (Å²) >= 11 is 0. The van der Waals surface area contributed by atoms with Gasteiger partial charge in [0, 0.05) is 18.7 Å². The SMILES string of the molecule is CS(=O)(=O)Nc1ccc2c(c1)CCC1(CCNC1)O2. The van der Waals surface area contributed by atoms with Gasteiger partial charge in [-0.15, -0.1) is 0 Å². The van der Waals surface area contributed by atoms with Gasteiger partial charge in [-0.1, -0.05) is 0 Å². The second-order valence-corrected chi connectivity index (χ2v) is 7.16. The predicted molar refractivity (Wildman–Crippen MR) is 74.1 cm³/mol. The van der Waals surface area contributed by atoms with Gasteiger partial charge in [-0.3, -0.25) is 4.72 Å². The zero-order valence-electron chi connectivity index (χ0n) is 10.9. The molecule has 1 saturated heterocycles. The molecule has 6 heteroatoms. The first-order valence-corrected chi connectivity index (χ1v) is 8.35. The average Bonchev–Trinajstić information content (AvgIpc) is 2.76. The number of anilines is 1. The molecule has 5 nitrogen and oxygen atoms in total. The van der Waals surface area contributed by atoms with Crippen molar-refractivity contribution >= 4 is 15.7 Å². The van der Waals surface area contributed by atoms with Gasteiger partial charge in [0.1, 0.15) is 11.4 Å². The highest BCUT2D eigenvalue weighted by Crippen LogP contribution is 2.37. The number of hydrogen-bond acceptors (Lipinski definition) is 4. The van der Waals surface area contributed by atoms with Crippen molar-refractivity contribution in [2.45, 2.75) is 24.9 Å². The van der Waals surface area contributed by atoms with Gasteiger partial charge in [0.25, 0.3) is 0 Å². The highest BCUT2D eigenvalue weighted by molar-refractivity contribution is 7.92. The summed E-state index contributed by atoms with van der Waals surface area (Å²) in [4.78, 5) is 0. The summed E-state index contributed by atoms with van der Waals surface area (Å²) in [6.07, 6.45) is 4.10. The Morgan fingerprint density at radius 2 is 2.21 bits per heavy atom. The van der Waals surface area contributed by atoms with Crippen LogP contribution in [0.4, 0.5) is 5.69 Å². The van der Waals surface area contributed by atoms with Crippen molar-refractivity contribution in [2.75, 3.05) is 24.1 Å². The van der Waals surface area contributed by atoms with E-state index in [1.165, 1.54) is 0 Å². The summed E-state index contributed by atoms with van der Waals surface area (Å²) < 4.78 is 31.1. The van der Waals surface area contributed by atoms with Crippen LogP contribution >= 0.6 is 0 Å². The highest BCUT2D eigenvalue weighted by atomic mass is 32.2. The molecular weight excluding hydrogens is 264 g/mol. The minimum atomic E-state index is -3.23. The topological polar surface area (TPSA) is 67.4 Å². The summed E-state index contributed by atoms with van der Waals surface area (Å²) in [5.74, 6) is 0.883. The first-order valence-electron chi connectivity index (χ1n) is 6.46. The number of rotatable bonds is 2. The molecule has 0 aliphatic carbocycles. The smallest absolute Gasteiger partial charge is 0.229 e. The van der Waals surface area contributed by atoms with Crippen molar-refractivity contribution < 1.29 is 13.2 Å². The van der Waals surface area contributed by atoms with E-state index in [2.05, 4.69) is 10.0 Å². The first-order chi connectivity index (χ1) is 8.96. The Labute approximate surface area is 113 Å². The summed E-state index contributed by atoms with van der Waals surface area (Å²) in [6, 6.07) is 5.48. The Morgan fingerprint density at radius 1 is 1.37 bits per heavy atom. The van der Waals surface area contributed by atoms with E-state index in [1.54, 1.807) is 6.07 Å². The Kier molecular flexibility index (Phi) is 2.94. The van der Waals surface area contributed by atoms with E-state index in [0.29, 0.717) is 5.69 Å². The highest BCUT2D eigenvalue weighted by Gasteiger charge is 2.38. The molecular formula is C13H18N2O3S. The second kappa shape index (κ2) is 4.38. The van der Waals surface area contributed by atoms with Crippen LogP contribution in [-0.2, 0) is 16.4 Å². The monoisotopic (exact) mass is 282 g/mol. The number of fused-ring (bicyclic) bond motifs is 1. The lowest BCUT2D eigenvalue weighted by atomic mass is 9.90. The van der Waals surface area contributed by atoms with E-state index < -0.39 is 10.0 Å². The summed E-state index contributed by atoms with van der Waals surface area (Å²) in [6.45, 7) is 1.90. The molecule has 0 radical (unpaired) electrons. The lowest BCUT2D eigenvalue weighted by Crippen LogP contribution is -2.41. The number of nitrogens with one attached hydrogen (secondary N) is 2. The molecule has 2 aliphatic rings. The van der Waals surface area contributed by atoms with E-state index >= 15 is 0 Å². The van der Waals surface area contributed by atoms with E-state index in [-0.39, 0.29) is 5.60 Å². The first kappa shape index (κ1) is 12.7. The molecule has 1 atom stereocenters. The van der Waals surface area contributed by atoms with E-state index in [1.807, 2.05) is 12.1 Å². The normalized spacial score (nSPS) is 25.9. The predicted octanol–water partition coefficient (Wildman–Crippen LogP) is 1.12. The summed E-state index contributed by atoms with van der Waals surface area (Å²) in [5.41, 5.74) is 1.62. The third kappa shape index (κ3) is 2.69. The van der Waals surface area contributed by atoms with Crippen LogP contribution < -0.4 is 14.8 Å². The van der Waals surface area contributed by atoms with Crippen LogP contribution in [0.1, 0.15) is 18.4 Å². The van der Waals surface area contributed by atoms with Crippen LogP contribution in [-0.4, -0.2) is 33.4 Å². The van der Waals surface area contributed by atoms with Crippen molar-refractivity contribution in [3.05, 3.63) is 23.8 Å².